The number of carbonyl (C=O) groups excluding carboxylic acids is 2. The SMILES string of the molecule is C.C.C.C=C(CBr)C(=O)OCC.C=C(Cn1cnc2c(=O)[nH]c(N)nc21)C(F)(F)OCP(=O)(OC(C)C)OC(C)C.C=C(Cn1cnc2c(C)nc(N)nc21)C(=O)O.C=C(Cn1cnc2c(C)nc(N)nc21)C(=O)OCP(=O)(OC(C)C)OC(C)C.C=C(Cn1cnc2c(C)nc(N)nc21)C(F)(F)OCP(=O)(OC(C)C)OC(C)C.CC(C)OP(=O)(CO)OC(C)C.Cc1nc(N)nc2nc[nH]c12.FS(F)(F)F. The Kier molecular flexibility index (Phi) is 54.8. The molecular weight excluding hydrogens is 2070 g/mol. The van der Waals surface area contributed by atoms with Crippen molar-refractivity contribution in [3.05, 3.63) is 126 Å². The lowest BCUT2D eigenvalue weighted by atomic mass is 10.3. The fraction of sp³-hybridized carbons (Fsp3) is 0.537. The third kappa shape index (κ3) is 45.7. The van der Waals surface area contributed by atoms with Crippen molar-refractivity contribution in [2.75, 3.05) is 66.0 Å². The zero-order valence-corrected chi connectivity index (χ0v) is 86.7. The molecule has 0 atom stereocenters. The molecule has 143 heavy (non-hydrogen) atoms. The zero-order valence-electron chi connectivity index (χ0n) is 80.7. The van der Waals surface area contributed by atoms with Crippen molar-refractivity contribution in [3.63, 3.8) is 0 Å². The number of hydrogen-bond donors (Lipinski definition) is 9. The van der Waals surface area contributed by atoms with Crippen molar-refractivity contribution in [1.82, 2.24) is 98.0 Å². The Morgan fingerprint density at radius 2 is 0.741 bits per heavy atom. The lowest BCUT2D eigenvalue weighted by Gasteiger charge is -2.25. The number of aliphatic hydroxyl groups is 1. The molecule has 0 aliphatic carbocycles. The second-order valence-corrected chi connectivity index (χ2v) is 40.3. The van der Waals surface area contributed by atoms with Gasteiger partial charge in [-0.05, 0) is 145 Å². The number of aromatic nitrogens is 20. The number of aryl methyl sites for hydroxylation is 4. The number of carboxylic acid groups (broad SMARTS) is 1. The highest BCUT2D eigenvalue weighted by Gasteiger charge is 2.42. The van der Waals surface area contributed by atoms with Gasteiger partial charge in [0.15, 0.2) is 52.8 Å². The number of hydrogen-bond acceptors (Lipinski definition) is 40. The molecule has 47 nitrogen and oxygen atoms in total. The zero-order chi connectivity index (χ0) is 107. The highest BCUT2D eigenvalue weighted by molar-refractivity contribution is 9.09. The number of rotatable bonds is 40. The van der Waals surface area contributed by atoms with E-state index in [9.17, 15) is 70.5 Å². The summed E-state index contributed by atoms with van der Waals surface area (Å²) in [5, 5.41) is 18.0. The summed E-state index contributed by atoms with van der Waals surface area (Å²) in [5.41, 5.74) is 33.5. The van der Waals surface area contributed by atoms with Crippen molar-refractivity contribution in [1.29, 1.82) is 0 Å². The van der Waals surface area contributed by atoms with E-state index in [4.69, 9.17) is 79.8 Å². The number of aliphatic carboxylic acids is 1. The molecule has 806 valence electrons. The monoisotopic (exact) mass is 2210 g/mol. The van der Waals surface area contributed by atoms with Crippen molar-refractivity contribution in [2.45, 2.75) is 255 Å². The molecule has 0 amide bonds. The van der Waals surface area contributed by atoms with Crippen LogP contribution in [0.2, 0.25) is 0 Å². The Balaban J connectivity index is 0.00000168. The molecule has 0 unspecified atom stereocenters. The number of esters is 2. The van der Waals surface area contributed by atoms with Crippen molar-refractivity contribution in [2.24, 2.45) is 0 Å². The van der Waals surface area contributed by atoms with Gasteiger partial charge in [0, 0.05) is 33.2 Å². The minimum Gasteiger partial charge on any atom is -0.478 e. The summed E-state index contributed by atoms with van der Waals surface area (Å²) < 4.78 is 213. The van der Waals surface area contributed by atoms with E-state index in [0.717, 1.165) is 17.5 Å². The number of H-pyrrole nitrogens is 2. The summed E-state index contributed by atoms with van der Waals surface area (Å²) in [6, 6.07) is 0. The predicted octanol–water partition coefficient (Wildman–Crippen LogP) is 17.9. The average molecular weight is 2210 g/mol. The molecule has 10 rings (SSSR count). The molecule has 10 heterocycles. The van der Waals surface area contributed by atoms with Gasteiger partial charge in [0.25, 0.3) is 5.56 Å². The average Bonchev–Trinajstić information content (AvgIpc) is 1.45. The van der Waals surface area contributed by atoms with E-state index >= 15 is 0 Å². The first-order chi connectivity index (χ1) is 64.5. The van der Waals surface area contributed by atoms with Crippen LogP contribution in [0.1, 0.15) is 163 Å². The molecular formula is C82H132BrF8N25O22P4S. The summed E-state index contributed by atoms with van der Waals surface area (Å²) in [6.07, 6.45) is -6.68. The third-order valence-corrected chi connectivity index (χ3v) is 24.1. The van der Waals surface area contributed by atoms with Crippen molar-refractivity contribution in [3.8, 4) is 0 Å². The molecule has 14 N–H and O–H groups in total. The molecule has 0 bridgehead atoms. The van der Waals surface area contributed by atoms with E-state index in [2.05, 4.69) is 143 Å². The largest absolute Gasteiger partial charge is 0.478 e. The first kappa shape index (κ1) is 132. The van der Waals surface area contributed by atoms with Gasteiger partial charge in [-0.1, -0.05) is 86.6 Å². The normalized spacial score (nSPS) is 11.9. The number of nitrogens with zero attached hydrogens (tertiary/aromatic N) is 18. The van der Waals surface area contributed by atoms with Crippen molar-refractivity contribution >= 4 is 161 Å². The van der Waals surface area contributed by atoms with Crippen LogP contribution in [0.4, 0.5) is 62.8 Å². The van der Waals surface area contributed by atoms with Gasteiger partial charge in [0.2, 0.25) is 29.7 Å². The number of alkyl halides is 5. The van der Waals surface area contributed by atoms with Gasteiger partial charge in [-0.3, -0.25) is 28.0 Å². The number of anilines is 5. The lowest BCUT2D eigenvalue weighted by molar-refractivity contribution is -0.202. The van der Waals surface area contributed by atoms with Gasteiger partial charge in [-0.25, -0.2) is 59.2 Å². The maximum Gasteiger partial charge on any atom is 0.381 e. The van der Waals surface area contributed by atoms with Gasteiger partial charge in [-0.2, -0.15) is 42.5 Å². The summed E-state index contributed by atoms with van der Waals surface area (Å²) in [6.45, 7) is 52.7. The Morgan fingerprint density at radius 3 is 1.06 bits per heavy atom. The van der Waals surface area contributed by atoms with E-state index in [-0.39, 0.29) is 124 Å². The molecule has 0 radical (unpaired) electrons. The molecule has 0 spiro atoms. The van der Waals surface area contributed by atoms with Gasteiger partial charge in [-0.15, -0.1) is 0 Å². The van der Waals surface area contributed by atoms with Crippen LogP contribution in [0.15, 0.2) is 97.2 Å². The number of carbonyl (C=O) groups is 3. The second kappa shape index (κ2) is 59.1. The van der Waals surface area contributed by atoms with E-state index in [0.29, 0.717) is 73.7 Å². The summed E-state index contributed by atoms with van der Waals surface area (Å²) >= 11 is -3.08. The van der Waals surface area contributed by atoms with Crippen LogP contribution in [0, 0.1) is 27.7 Å². The van der Waals surface area contributed by atoms with Crippen LogP contribution in [-0.2, 0) is 114 Å². The summed E-state index contributed by atoms with van der Waals surface area (Å²) in [4.78, 5) is 107. The number of halogens is 9. The first-order valence-electron chi connectivity index (χ1n) is 41.6. The molecule has 0 aromatic carbocycles. The maximum absolute atomic E-state index is 14.5. The lowest BCUT2D eigenvalue weighted by Crippen LogP contribution is -2.27. The fourth-order valence-electron chi connectivity index (χ4n) is 10.9. The van der Waals surface area contributed by atoms with Crippen LogP contribution < -0.4 is 34.2 Å². The number of ether oxygens (including phenoxy) is 4. The molecule has 0 aliphatic heterocycles. The predicted molar refractivity (Wildman–Crippen MR) is 533 cm³/mol. The number of nitrogens with one attached hydrogen (secondary N) is 2. The number of imidazole rings is 5. The number of nitrogens with two attached hydrogens (primary N) is 5. The molecule has 10 aromatic heterocycles. The third-order valence-electron chi connectivity index (χ3n) is 15.8. The minimum absolute atomic E-state index is 0. The molecule has 10 aromatic rings. The standard InChI is InChI=1S/C17H26F2N5O4P.C17H26N5O5P.C16H24F2N5O5P.C10H11N5O2.C7H17O4P.C6H9BrO2.C6H7N5.3CH4.F4S/c1-10(2)27-29(25,28-11(3)4)9-26-17(18,19)12(5)7-24-8-21-14-13(6)22-16(20)23-15(14)24;1-10(2)26-28(24,27-11(3)4)9-25-16(23)12(5)7-22-8-19-14-13(6)20-17(18)21-15(14)22;1-9(2)27-29(25,28-10(3)4)8-26-16(17,18)11(5)6-23-7-20-12-13(23)21-15(19)22-14(12)24;1-5(9(16)17)3-15-4-12-7-6(2)13-10(11)14-8(7)15;1-6(2)10-12(9,5-8)11-7(3)4;1-3-9-6(8)5(2)4-7;1-3-4-5(9-2-8-4)11-6(7)10-3;;;;1-5(2,3)4/h8,10-11H,5,7,9H2,1-4,6H3,(H2,20,22,23);8,10-11H,5,7,9H2,1-4,6H3,(H2,18,20,21);7,9-10H,5-6,8H2,1-4H3,(H3,19,21,22,24);4H,1,3H2,2H3,(H,16,17)(H2,11,13,14);6-8H,5H2,1-4H3;2-4H2,1H3;2H,1H3,(H3,7,8,9,10,11);3*1H4;. The molecule has 0 saturated heterocycles. The Labute approximate surface area is 832 Å². The molecule has 0 saturated carbocycles. The minimum atomic E-state index is -6.17. The molecule has 61 heteroatoms. The number of aromatic amines is 2. The Morgan fingerprint density at radius 1 is 0.448 bits per heavy atom. The van der Waals surface area contributed by atoms with Gasteiger partial charge in [0.05, 0.1) is 136 Å². The smallest absolute Gasteiger partial charge is 0.381 e. The molecule has 0 aliphatic rings. The number of aliphatic hydroxyl groups excluding tert-OH is 1. The van der Waals surface area contributed by atoms with Gasteiger partial charge < -0.3 is 117 Å². The highest BCUT2D eigenvalue weighted by Crippen LogP contribution is 2.56. The second-order valence-electron chi connectivity index (χ2n) is 31.4. The van der Waals surface area contributed by atoms with Crippen LogP contribution in [0.3, 0.4) is 0 Å². The fourth-order valence-corrected chi connectivity index (χ4v) is 17.8. The van der Waals surface area contributed by atoms with Gasteiger partial charge >= 0.3 is 72.1 Å². The van der Waals surface area contributed by atoms with E-state index in [1.54, 1.807) is 154 Å². The highest BCUT2D eigenvalue weighted by atomic mass is 79.9. The summed E-state index contributed by atoms with van der Waals surface area (Å²) in [7, 11) is -14.7. The maximum atomic E-state index is 14.5. The number of nitrogen functional groups attached to an aromatic ring is 5. The van der Waals surface area contributed by atoms with Crippen LogP contribution in [0.25, 0.3) is 55.8 Å². The summed E-state index contributed by atoms with van der Waals surface area (Å²) in [5.74, 6) is -1.77. The van der Waals surface area contributed by atoms with Crippen molar-refractivity contribution < 1.29 is 131 Å². The van der Waals surface area contributed by atoms with E-state index < -0.39 is 139 Å². The van der Waals surface area contributed by atoms with Crippen LogP contribution in [0.5, 0.6) is 0 Å². The van der Waals surface area contributed by atoms with Crippen LogP contribution in [-0.4, -0.2) is 225 Å². The Hall–Kier alpha value is -10.6. The number of carboxylic acids is 1. The molecule has 0 fully saturated rings. The topological polar surface area (TPSA) is 650 Å². The van der Waals surface area contributed by atoms with E-state index in [1.807, 2.05) is 6.92 Å². The Bertz CT molecular complexity index is 6100. The quantitative estimate of drug-likeness (QED) is 0.00430. The van der Waals surface area contributed by atoms with E-state index in [1.165, 1.54) is 28.1 Å². The first-order valence-corrected chi connectivity index (χ1v) is 50.9. The van der Waals surface area contributed by atoms with Crippen LogP contribution >= 0.6 is 57.9 Å². The number of fused-ring (bicyclic) bond motifs is 5. The van der Waals surface area contributed by atoms with Gasteiger partial charge in [0.1, 0.15) is 28.4 Å².